The summed E-state index contributed by atoms with van der Waals surface area (Å²) in [6.45, 7) is 16.4. The third-order valence-electron chi connectivity index (χ3n) is 13.2. The number of Topliss-reactive ketones (excluding diaryl/α,β-unsaturated/α-hetero) is 3. The first-order valence-corrected chi connectivity index (χ1v) is 20.0. The molecule has 2 fully saturated rings. The summed E-state index contributed by atoms with van der Waals surface area (Å²) in [7, 11) is 1.27. The van der Waals surface area contributed by atoms with Gasteiger partial charge in [0.1, 0.15) is 23.0 Å². The zero-order valence-electron chi connectivity index (χ0n) is 33.9. The molecule has 0 amide bonds. The van der Waals surface area contributed by atoms with E-state index >= 15 is 0 Å². The average molecular weight is 743 g/mol. The van der Waals surface area contributed by atoms with Crippen molar-refractivity contribution in [1.29, 1.82) is 0 Å². The lowest BCUT2D eigenvalue weighted by atomic mass is 9.52. The summed E-state index contributed by atoms with van der Waals surface area (Å²) < 4.78 is 18.0. The molecular weight excluding hydrogens is 676 g/mol. The SMILES string of the molecule is COC(=O)[C@@]12CC(=O)[C@@H](C(C)C)CC(=O)[C@@H](C)CCC[C@@H](C)CC(=O)C1CC(C)=C1C2/C=C(\C)CCC2OC(CC[C@]2(C)OC(C)=O)[C@](C)(O)C[C@H]1O. The fourth-order valence-electron chi connectivity index (χ4n) is 9.97. The molecule has 11 atom stereocenters. The van der Waals surface area contributed by atoms with Gasteiger partial charge in [-0.3, -0.25) is 24.0 Å². The van der Waals surface area contributed by atoms with Crippen LogP contribution in [0.4, 0.5) is 0 Å². The Morgan fingerprint density at radius 1 is 0.943 bits per heavy atom. The number of allylic oxidation sites excluding steroid dienone is 3. The largest absolute Gasteiger partial charge is 0.469 e. The Morgan fingerprint density at radius 2 is 1.62 bits per heavy atom. The van der Waals surface area contributed by atoms with Crippen LogP contribution in [0.15, 0.2) is 22.8 Å². The maximum atomic E-state index is 14.8. The Kier molecular flexibility index (Phi) is 13.8. The van der Waals surface area contributed by atoms with Crippen LogP contribution < -0.4 is 0 Å². The van der Waals surface area contributed by atoms with E-state index in [1.165, 1.54) is 14.0 Å². The summed E-state index contributed by atoms with van der Waals surface area (Å²) in [5, 5.41) is 24.3. The predicted octanol–water partition coefficient (Wildman–Crippen LogP) is 6.82. The number of carbonyl (C=O) groups is 5. The highest BCUT2D eigenvalue weighted by atomic mass is 16.6. The predicted molar refractivity (Wildman–Crippen MR) is 200 cm³/mol. The van der Waals surface area contributed by atoms with Gasteiger partial charge in [-0.1, -0.05) is 57.8 Å². The van der Waals surface area contributed by atoms with Crippen LogP contribution in [0.3, 0.4) is 0 Å². The summed E-state index contributed by atoms with van der Waals surface area (Å²) >= 11 is 0. The number of carbonyl (C=O) groups excluding carboxylic acids is 5. The van der Waals surface area contributed by atoms with Crippen molar-refractivity contribution in [2.75, 3.05) is 7.11 Å². The van der Waals surface area contributed by atoms with Crippen LogP contribution in [-0.4, -0.2) is 76.1 Å². The van der Waals surface area contributed by atoms with Gasteiger partial charge in [0.25, 0.3) is 0 Å². The van der Waals surface area contributed by atoms with Crippen molar-refractivity contribution in [3.8, 4) is 0 Å². The monoisotopic (exact) mass is 742 g/mol. The smallest absolute Gasteiger partial charge is 0.313 e. The third kappa shape index (κ3) is 9.24. The molecule has 0 spiro atoms. The van der Waals surface area contributed by atoms with Gasteiger partial charge in [0.2, 0.25) is 0 Å². The molecule has 10 nitrogen and oxygen atoms in total. The standard InChI is InChI=1S/C43H66O10/c1-24(2)30-21-33(45)27(5)13-11-12-25(3)19-34(46)31-20-28(6)39-32(43(31,23-35(30)47)40(49)51-10)18-26(4)14-15-38-42(9,53-29(7)44)17-16-37(52-38)41(8,50)22-36(39)48/h18,24-25,27,30-32,36-38,48,50H,11-17,19-23H2,1-10H3/b26-18+/t25-,27+,30-,31?,32?,36-,37?,38?,41-,42+,43+/m1/s1. The molecule has 1 saturated carbocycles. The first-order valence-electron chi connectivity index (χ1n) is 20.0. The number of fused-ring (bicyclic) bond motifs is 5. The topological polar surface area (TPSA) is 154 Å². The Morgan fingerprint density at radius 3 is 2.25 bits per heavy atom. The summed E-state index contributed by atoms with van der Waals surface area (Å²) in [5.41, 5.74) is -2.08. The molecule has 10 heteroatoms. The van der Waals surface area contributed by atoms with E-state index in [2.05, 4.69) is 0 Å². The molecule has 4 aliphatic rings. The van der Waals surface area contributed by atoms with Crippen molar-refractivity contribution < 1.29 is 48.4 Å². The highest BCUT2D eigenvalue weighted by molar-refractivity contribution is 5.97. The van der Waals surface area contributed by atoms with E-state index in [1.807, 2.05) is 54.5 Å². The van der Waals surface area contributed by atoms with Gasteiger partial charge in [0, 0.05) is 56.3 Å². The number of ether oxygens (including phenoxy) is 3. The van der Waals surface area contributed by atoms with Gasteiger partial charge in [-0.25, -0.2) is 0 Å². The molecule has 4 unspecified atom stereocenters. The molecule has 2 heterocycles. The van der Waals surface area contributed by atoms with Crippen molar-refractivity contribution in [2.24, 2.45) is 40.9 Å². The second kappa shape index (κ2) is 17.0. The molecule has 2 N–H and O–H groups in total. The first kappa shape index (κ1) is 43.0. The van der Waals surface area contributed by atoms with Gasteiger partial charge in [-0.2, -0.15) is 0 Å². The van der Waals surface area contributed by atoms with Crippen LogP contribution in [0.2, 0.25) is 0 Å². The maximum Gasteiger partial charge on any atom is 0.313 e. The van der Waals surface area contributed by atoms with E-state index in [0.717, 1.165) is 24.0 Å². The summed E-state index contributed by atoms with van der Waals surface area (Å²) in [6, 6.07) is 0. The van der Waals surface area contributed by atoms with Crippen LogP contribution in [0.5, 0.6) is 0 Å². The minimum Gasteiger partial charge on any atom is -0.469 e. The summed E-state index contributed by atoms with van der Waals surface area (Å²) in [5.74, 6) is -4.42. The normalized spacial score (nSPS) is 40.8. The zero-order valence-corrected chi connectivity index (χ0v) is 33.9. The molecule has 2 bridgehead atoms. The van der Waals surface area contributed by atoms with Crippen LogP contribution in [0, 0.1) is 40.9 Å². The first-order chi connectivity index (χ1) is 24.7. The quantitative estimate of drug-likeness (QED) is 0.233. The highest BCUT2D eigenvalue weighted by Gasteiger charge is 2.60. The molecule has 0 aromatic rings. The molecule has 1 saturated heterocycles. The molecule has 0 aromatic carbocycles. The molecule has 4 rings (SSSR count). The van der Waals surface area contributed by atoms with E-state index in [4.69, 9.17) is 14.2 Å². The number of rotatable bonds is 3. The number of aliphatic hydroxyl groups is 2. The fourth-order valence-corrected chi connectivity index (χ4v) is 9.97. The van der Waals surface area contributed by atoms with Gasteiger partial charge in [-0.05, 0) is 83.6 Å². The van der Waals surface area contributed by atoms with E-state index in [1.54, 1.807) is 6.92 Å². The van der Waals surface area contributed by atoms with Crippen molar-refractivity contribution in [2.45, 2.75) is 169 Å². The van der Waals surface area contributed by atoms with Crippen molar-refractivity contribution in [3.63, 3.8) is 0 Å². The van der Waals surface area contributed by atoms with E-state index < -0.39 is 64.6 Å². The van der Waals surface area contributed by atoms with Crippen molar-refractivity contribution in [3.05, 3.63) is 22.8 Å². The number of esters is 2. The lowest BCUT2D eigenvalue weighted by Gasteiger charge is -2.51. The van der Waals surface area contributed by atoms with Crippen LogP contribution in [0.25, 0.3) is 0 Å². The Balaban J connectivity index is 1.97. The molecule has 53 heavy (non-hydrogen) atoms. The third-order valence-corrected chi connectivity index (χ3v) is 13.2. The number of ketones is 3. The molecule has 0 radical (unpaired) electrons. The molecule has 2 aliphatic heterocycles. The lowest BCUT2D eigenvalue weighted by molar-refractivity contribution is -0.230. The van der Waals surface area contributed by atoms with Gasteiger partial charge < -0.3 is 24.4 Å². The molecule has 0 aromatic heterocycles. The number of methoxy groups -OCH3 is 1. The van der Waals surface area contributed by atoms with E-state index in [-0.39, 0.29) is 67.2 Å². The second-order valence-electron chi connectivity index (χ2n) is 18.0. The van der Waals surface area contributed by atoms with Crippen LogP contribution >= 0.6 is 0 Å². The fraction of sp³-hybridized carbons (Fsp3) is 0.791. The minimum atomic E-state index is -1.71. The Bertz CT molecular complexity index is 1470. The average Bonchev–Trinajstić information content (AvgIpc) is 3.05. The maximum absolute atomic E-state index is 14.8. The highest BCUT2D eigenvalue weighted by Crippen LogP contribution is 2.56. The summed E-state index contributed by atoms with van der Waals surface area (Å²) in [6.07, 6.45) is 3.33. The molecule has 2 aliphatic carbocycles. The van der Waals surface area contributed by atoms with E-state index in [9.17, 15) is 34.2 Å². The molecular formula is C43H66O10. The lowest BCUT2D eigenvalue weighted by Crippen LogP contribution is -2.57. The molecule has 298 valence electrons. The van der Waals surface area contributed by atoms with Gasteiger partial charge in [0.15, 0.2) is 0 Å². The number of hydrogen-bond acceptors (Lipinski definition) is 10. The van der Waals surface area contributed by atoms with Gasteiger partial charge >= 0.3 is 11.9 Å². The zero-order chi connectivity index (χ0) is 39.6. The second-order valence-corrected chi connectivity index (χ2v) is 18.0. The van der Waals surface area contributed by atoms with Crippen molar-refractivity contribution >= 4 is 29.3 Å². The Hall–Kier alpha value is -2.69. The Labute approximate surface area is 316 Å². The van der Waals surface area contributed by atoms with E-state index in [0.29, 0.717) is 37.7 Å². The van der Waals surface area contributed by atoms with Crippen LogP contribution in [0.1, 0.15) is 139 Å². The minimum absolute atomic E-state index is 0.00639. The summed E-state index contributed by atoms with van der Waals surface area (Å²) in [4.78, 5) is 69.9. The number of aliphatic hydroxyl groups excluding tert-OH is 1. The number of hydrogen-bond donors (Lipinski definition) is 2. The van der Waals surface area contributed by atoms with Crippen LogP contribution in [-0.2, 0) is 38.2 Å². The van der Waals surface area contributed by atoms with Crippen molar-refractivity contribution in [1.82, 2.24) is 0 Å². The van der Waals surface area contributed by atoms with Gasteiger partial charge in [0.05, 0.1) is 36.4 Å². The van der Waals surface area contributed by atoms with Gasteiger partial charge in [-0.15, -0.1) is 0 Å².